The maximum absolute atomic E-state index is 14.5. The number of terminal acetylenes is 1. The predicted octanol–water partition coefficient (Wildman–Crippen LogP) is 2.43. The summed E-state index contributed by atoms with van der Waals surface area (Å²) in [5.41, 5.74) is 0.514. The SMILES string of the molecule is C#CCN1C(=O)COc2cc(F)c(/N=c3\snc4n3CC(C)(C)C4)cc21.C[S+](C)C.Cc1ccn2nc(S(=O)(=O)Nc3c(F)cccc3F)nc2n1.O=C(O)CNCP(=O)([O-])O. The highest BCUT2D eigenvalue weighted by Gasteiger charge is 2.31. The minimum atomic E-state index is -4.35. The van der Waals surface area contributed by atoms with E-state index in [-0.39, 0.29) is 35.9 Å². The molecule has 0 aliphatic carbocycles. The maximum Gasteiger partial charge on any atom is 0.317 e. The lowest BCUT2D eigenvalue weighted by atomic mass is 9.92. The number of fused-ring (bicyclic) bond motifs is 3. The van der Waals surface area contributed by atoms with E-state index in [2.05, 4.69) is 63.0 Å². The summed E-state index contributed by atoms with van der Waals surface area (Å²) in [6.45, 7) is 6.28. The van der Waals surface area contributed by atoms with Gasteiger partial charge in [-0.05, 0) is 47.5 Å². The van der Waals surface area contributed by atoms with Gasteiger partial charge in [-0.15, -0.1) is 11.5 Å². The molecule has 7 rings (SSSR count). The first-order chi connectivity index (χ1) is 28.9. The topological polar surface area (TPSA) is 259 Å². The molecule has 0 fully saturated rings. The Labute approximate surface area is 360 Å². The van der Waals surface area contributed by atoms with Crippen molar-refractivity contribution in [3.63, 3.8) is 0 Å². The number of amides is 1. The number of benzene rings is 2. The summed E-state index contributed by atoms with van der Waals surface area (Å²) in [7, 11) is -8.05. The summed E-state index contributed by atoms with van der Waals surface area (Å²) in [6.07, 6.45) is 13.6. The van der Waals surface area contributed by atoms with E-state index in [1.807, 2.05) is 9.88 Å². The number of sulfonamides is 1. The van der Waals surface area contributed by atoms with Crippen LogP contribution >= 0.6 is 19.1 Å². The maximum atomic E-state index is 14.5. The fourth-order valence-corrected chi connectivity index (χ4v) is 7.39. The number of nitrogens with one attached hydrogen (secondary N) is 2. The molecule has 0 saturated heterocycles. The minimum absolute atomic E-state index is 0.0642. The van der Waals surface area contributed by atoms with Crippen molar-refractivity contribution in [1.29, 1.82) is 0 Å². The van der Waals surface area contributed by atoms with E-state index in [9.17, 15) is 40.6 Å². The third kappa shape index (κ3) is 13.8. The lowest BCUT2D eigenvalue weighted by Gasteiger charge is -2.28. The summed E-state index contributed by atoms with van der Waals surface area (Å²) in [5, 5.41) is 13.1. The van der Waals surface area contributed by atoms with Crippen LogP contribution in [0, 0.1) is 42.1 Å². The van der Waals surface area contributed by atoms with Gasteiger partial charge in [0.05, 0.1) is 43.8 Å². The number of hydrogen-bond acceptors (Lipinski definition) is 14. The number of ether oxygens (including phenoxy) is 1. The predicted molar refractivity (Wildman–Crippen MR) is 224 cm³/mol. The molecule has 0 saturated carbocycles. The molecule has 1 amide bonds. The molecule has 2 aliphatic heterocycles. The van der Waals surface area contributed by atoms with Gasteiger partial charge in [-0.25, -0.2) is 27.7 Å². The largest absolute Gasteiger partial charge is 0.778 e. The Hall–Kier alpha value is -5.35. The van der Waals surface area contributed by atoms with E-state index in [1.165, 1.54) is 34.8 Å². The van der Waals surface area contributed by atoms with Crippen LogP contribution < -0.4 is 29.4 Å². The Bertz CT molecular complexity index is 2690. The van der Waals surface area contributed by atoms with E-state index in [1.54, 1.807) is 17.7 Å². The second-order valence-corrected chi connectivity index (χ2v) is 20.8. The van der Waals surface area contributed by atoms with Gasteiger partial charge in [-0.1, -0.05) is 25.8 Å². The van der Waals surface area contributed by atoms with Crippen molar-refractivity contribution in [3.8, 4) is 18.1 Å². The highest BCUT2D eigenvalue weighted by molar-refractivity contribution is 7.94. The van der Waals surface area contributed by atoms with Gasteiger partial charge < -0.3 is 28.8 Å². The molecule has 0 spiro atoms. The van der Waals surface area contributed by atoms with E-state index >= 15 is 0 Å². The lowest BCUT2D eigenvalue weighted by molar-refractivity contribution is -0.193. The van der Waals surface area contributed by atoms with Gasteiger partial charge >= 0.3 is 5.97 Å². The fourth-order valence-electron chi connectivity index (χ4n) is 5.29. The lowest BCUT2D eigenvalue weighted by Crippen LogP contribution is -2.39. The summed E-state index contributed by atoms with van der Waals surface area (Å²) < 4.78 is 90.6. The van der Waals surface area contributed by atoms with E-state index < -0.39 is 64.7 Å². The van der Waals surface area contributed by atoms with Crippen LogP contribution in [0.3, 0.4) is 0 Å². The van der Waals surface area contributed by atoms with E-state index in [0.29, 0.717) is 32.8 Å². The van der Waals surface area contributed by atoms with Crippen molar-refractivity contribution in [2.24, 2.45) is 10.4 Å². The van der Waals surface area contributed by atoms with Crippen LogP contribution in [-0.2, 0) is 48.0 Å². The Balaban J connectivity index is 0.000000212. The number of carbonyl (C=O) groups excluding carboxylic acids is 1. The summed E-state index contributed by atoms with van der Waals surface area (Å²) in [6, 6.07) is 7.36. The number of anilines is 2. The first kappa shape index (κ1) is 49.3. The van der Waals surface area contributed by atoms with E-state index in [0.717, 1.165) is 41.5 Å². The monoisotopic (exact) mass is 942 g/mol. The van der Waals surface area contributed by atoms with Gasteiger partial charge in [0.25, 0.3) is 26.9 Å². The van der Waals surface area contributed by atoms with Crippen LogP contribution in [0.4, 0.5) is 30.2 Å². The van der Waals surface area contributed by atoms with Crippen LogP contribution in [0.25, 0.3) is 5.78 Å². The quantitative estimate of drug-likeness (QED) is 0.0941. The Morgan fingerprint density at radius 3 is 2.44 bits per heavy atom. The molecule has 5 heterocycles. The highest BCUT2D eigenvalue weighted by Crippen LogP contribution is 2.37. The molecule has 19 nitrogen and oxygen atoms in total. The number of carboxylic acids is 1. The molecule has 4 N–H and O–H groups in total. The molecule has 26 heteroatoms. The number of rotatable bonds is 9. The van der Waals surface area contributed by atoms with Gasteiger partial charge in [0.15, 0.2) is 12.4 Å². The van der Waals surface area contributed by atoms with Gasteiger partial charge in [-0.3, -0.25) is 24.5 Å². The van der Waals surface area contributed by atoms with Gasteiger partial charge in [0.1, 0.15) is 42.2 Å². The molecule has 3 aromatic heterocycles. The smallest absolute Gasteiger partial charge is 0.317 e. The number of aromatic nitrogens is 6. The zero-order valence-electron chi connectivity index (χ0n) is 34.0. The number of hydrogen-bond donors (Lipinski definition) is 4. The Morgan fingerprint density at radius 1 is 1.16 bits per heavy atom. The average molecular weight is 943 g/mol. The number of halogens is 3. The van der Waals surface area contributed by atoms with Crippen LogP contribution in [0.5, 0.6) is 5.75 Å². The zero-order chi connectivity index (χ0) is 46.2. The number of para-hydroxylation sites is 1. The number of aliphatic carboxylic acids is 1. The van der Waals surface area contributed by atoms with Crippen molar-refractivity contribution in [2.45, 2.75) is 38.9 Å². The van der Waals surface area contributed by atoms with Crippen molar-refractivity contribution in [2.75, 3.05) is 54.4 Å². The van der Waals surface area contributed by atoms with E-state index in [4.69, 9.17) is 21.2 Å². The zero-order valence-corrected chi connectivity index (χ0v) is 37.3. The molecular formula is C36H42F3N10O9PS3. The Morgan fingerprint density at radius 2 is 1.82 bits per heavy atom. The standard InChI is InChI=1S/C18H17FN4O2S.C12H9F2N5O2S.C3H8NO5P.C3H9S/c1-4-5-22-13-7-12(11(19)6-14(13)25-9-16(22)24)20-17-23-10-18(2,3)8-15(23)21-26-17;1-7-5-6-19-11(15-7)16-12(17-19)22(20,21)18-10-8(13)3-2-4-9(10)14;5-3(6)1-4-2-10(7,8)9;1-4(2)3/h1,6-7H,5,8-10H2,2-3H3;2-6,18H,1H3;4H,1-2H2,(H,5,6)(H2,7,8,9);1-3H3/q;;;+1/p-1/b20-17-;;;. The number of carboxylic acid groups (broad SMARTS) is 1. The van der Waals surface area contributed by atoms with Crippen molar-refractivity contribution < 1.29 is 55.4 Å². The molecular weight excluding hydrogens is 901 g/mol. The number of carbonyl (C=O) groups is 2. The van der Waals surface area contributed by atoms with Gasteiger partial charge in [-0.2, -0.15) is 17.8 Å². The second-order valence-electron chi connectivity index (χ2n) is 14.4. The third-order valence-corrected chi connectivity index (χ3v) is 10.3. The third-order valence-electron chi connectivity index (χ3n) is 7.79. The van der Waals surface area contributed by atoms with Crippen molar-refractivity contribution in [3.05, 3.63) is 76.4 Å². The number of aryl methyl sites for hydroxylation is 1. The molecule has 2 aliphatic rings. The first-order valence-corrected chi connectivity index (χ1v) is 24.3. The van der Waals surface area contributed by atoms with Crippen molar-refractivity contribution >= 4 is 74.8 Å². The molecule has 334 valence electrons. The summed E-state index contributed by atoms with van der Waals surface area (Å²) >= 11 is 1.24. The van der Waals surface area contributed by atoms with Gasteiger partial charge in [0.2, 0.25) is 4.80 Å². The molecule has 5 aromatic rings. The van der Waals surface area contributed by atoms with Crippen molar-refractivity contribution in [1.82, 2.24) is 33.8 Å². The molecule has 0 radical (unpaired) electrons. The fraction of sp³-hybridized carbons (Fsp3) is 0.361. The normalized spacial score (nSPS) is 15.0. The molecule has 1 atom stereocenters. The highest BCUT2D eigenvalue weighted by atomic mass is 32.2. The molecule has 1 unspecified atom stereocenters. The van der Waals surface area contributed by atoms with Crippen LogP contribution in [0.1, 0.15) is 25.4 Å². The van der Waals surface area contributed by atoms with Gasteiger partial charge in [0, 0.05) is 42.5 Å². The van der Waals surface area contributed by atoms with Crippen LogP contribution in [0.15, 0.2) is 52.7 Å². The molecule has 62 heavy (non-hydrogen) atoms. The molecule has 0 bridgehead atoms. The Kier molecular flexibility index (Phi) is 16.4. The molecule has 2 aromatic carbocycles. The van der Waals surface area contributed by atoms with Crippen LogP contribution in [0.2, 0.25) is 0 Å². The minimum Gasteiger partial charge on any atom is -0.778 e. The number of nitrogens with zero attached hydrogens (tertiary/aromatic N) is 8. The average Bonchev–Trinajstić information content (AvgIpc) is 3.83. The summed E-state index contributed by atoms with van der Waals surface area (Å²) in [5.74, 6) is -0.267. The summed E-state index contributed by atoms with van der Waals surface area (Å²) in [4.78, 5) is 54.1. The van der Waals surface area contributed by atoms with Crippen LogP contribution in [-0.4, -0.2) is 104 Å². The first-order valence-electron chi connectivity index (χ1n) is 17.8. The second kappa shape index (κ2) is 20.7.